The van der Waals surface area contributed by atoms with Crippen LogP contribution in [0.15, 0.2) is 34.9 Å². The van der Waals surface area contributed by atoms with Gasteiger partial charge in [-0.15, -0.1) is 0 Å². The highest BCUT2D eigenvalue weighted by atomic mass is 16.5. The van der Waals surface area contributed by atoms with Crippen LogP contribution in [0.4, 0.5) is 0 Å². The molecule has 0 N–H and O–H groups in total. The van der Waals surface area contributed by atoms with E-state index in [0.717, 1.165) is 5.75 Å². The lowest BCUT2D eigenvalue weighted by Gasteiger charge is -2.27. The van der Waals surface area contributed by atoms with Gasteiger partial charge in [-0.05, 0) is 32.4 Å². The summed E-state index contributed by atoms with van der Waals surface area (Å²) in [6.45, 7) is 5.29. The minimum atomic E-state index is -0.504. The van der Waals surface area contributed by atoms with Crippen LogP contribution in [0, 0.1) is 13.8 Å². The van der Waals surface area contributed by atoms with Crippen molar-refractivity contribution >= 4 is 5.91 Å². The van der Waals surface area contributed by atoms with E-state index in [2.05, 4.69) is 5.16 Å². The van der Waals surface area contributed by atoms with Gasteiger partial charge in [-0.25, -0.2) is 0 Å². The van der Waals surface area contributed by atoms with Crippen molar-refractivity contribution in [1.29, 1.82) is 0 Å². The van der Waals surface area contributed by atoms with Gasteiger partial charge in [-0.2, -0.15) is 0 Å². The van der Waals surface area contributed by atoms with Crippen LogP contribution < -0.4 is 4.74 Å². The van der Waals surface area contributed by atoms with E-state index < -0.39 is 5.60 Å². The third-order valence-electron chi connectivity index (χ3n) is 4.40. The topological polar surface area (TPSA) is 64.8 Å². The van der Waals surface area contributed by atoms with Crippen molar-refractivity contribution in [2.75, 3.05) is 26.8 Å². The maximum atomic E-state index is 12.5. The number of methoxy groups -OCH3 is 1. The summed E-state index contributed by atoms with van der Waals surface area (Å²) < 4.78 is 16.6. The third kappa shape index (κ3) is 3.43. The summed E-state index contributed by atoms with van der Waals surface area (Å²) in [6, 6.07) is 9.54. The summed E-state index contributed by atoms with van der Waals surface area (Å²) in [6.07, 6.45) is 0.716. The number of nitrogens with zero attached hydrogens (tertiary/aromatic N) is 2. The lowest BCUT2D eigenvalue weighted by Crippen LogP contribution is -2.42. The molecule has 24 heavy (non-hydrogen) atoms. The fourth-order valence-corrected chi connectivity index (χ4v) is 2.83. The minimum absolute atomic E-state index is 0.162. The van der Waals surface area contributed by atoms with Crippen LogP contribution in [0.3, 0.4) is 0 Å². The first kappa shape index (κ1) is 16.5. The number of aromatic nitrogens is 1. The first-order valence-corrected chi connectivity index (χ1v) is 7.99. The van der Waals surface area contributed by atoms with Crippen LogP contribution in [0.25, 0.3) is 0 Å². The zero-order chi connectivity index (χ0) is 17.2. The van der Waals surface area contributed by atoms with Crippen LogP contribution in [0.5, 0.6) is 5.75 Å². The molecule has 0 spiro atoms. The molecule has 1 atom stereocenters. The van der Waals surface area contributed by atoms with Gasteiger partial charge in [0.15, 0.2) is 0 Å². The van der Waals surface area contributed by atoms with E-state index in [0.29, 0.717) is 31.8 Å². The summed E-state index contributed by atoms with van der Waals surface area (Å²) >= 11 is 0. The molecule has 0 aliphatic carbocycles. The molecule has 0 saturated carbocycles. The molecule has 1 aromatic carbocycles. The van der Waals surface area contributed by atoms with Gasteiger partial charge in [-0.3, -0.25) is 4.79 Å². The molecule has 0 radical (unpaired) electrons. The van der Waals surface area contributed by atoms with Crippen molar-refractivity contribution < 1.29 is 18.8 Å². The molecule has 6 nitrogen and oxygen atoms in total. The average molecular weight is 330 g/mol. The van der Waals surface area contributed by atoms with Crippen LogP contribution in [0.1, 0.15) is 28.2 Å². The third-order valence-corrected chi connectivity index (χ3v) is 4.40. The molecule has 2 aromatic rings. The number of rotatable bonds is 5. The zero-order valence-corrected chi connectivity index (χ0v) is 14.2. The number of hydrogen-bond donors (Lipinski definition) is 0. The van der Waals surface area contributed by atoms with Gasteiger partial charge in [-0.1, -0.05) is 22.9 Å². The molecule has 1 aliphatic heterocycles. The molecule has 1 aliphatic rings. The van der Waals surface area contributed by atoms with Gasteiger partial charge < -0.3 is 18.9 Å². The van der Waals surface area contributed by atoms with E-state index in [1.165, 1.54) is 5.56 Å². The van der Waals surface area contributed by atoms with Crippen LogP contribution in [-0.2, 0) is 4.74 Å². The Hall–Kier alpha value is -2.34. The molecule has 0 unspecified atom stereocenters. The van der Waals surface area contributed by atoms with Crippen molar-refractivity contribution in [3.8, 4) is 5.75 Å². The van der Waals surface area contributed by atoms with Gasteiger partial charge in [0, 0.05) is 19.7 Å². The van der Waals surface area contributed by atoms with Gasteiger partial charge in [0.2, 0.25) is 5.76 Å². The zero-order valence-electron chi connectivity index (χ0n) is 14.2. The fraction of sp³-hybridized carbons (Fsp3) is 0.444. The molecule has 6 heteroatoms. The van der Waals surface area contributed by atoms with E-state index in [-0.39, 0.29) is 11.7 Å². The van der Waals surface area contributed by atoms with E-state index in [4.69, 9.17) is 14.0 Å². The Bertz CT molecular complexity index is 710. The highest BCUT2D eigenvalue weighted by molar-refractivity contribution is 5.91. The average Bonchev–Trinajstić information content (AvgIpc) is 3.21. The monoisotopic (exact) mass is 330 g/mol. The number of aryl methyl sites for hydroxylation is 2. The van der Waals surface area contributed by atoms with Crippen molar-refractivity contribution in [2.45, 2.75) is 25.9 Å². The maximum Gasteiger partial charge on any atom is 0.292 e. The molecule has 128 valence electrons. The molecule has 1 amide bonds. The molecular formula is C18H22N2O4. The normalized spacial score (nSPS) is 20.4. The number of hydrogen-bond acceptors (Lipinski definition) is 5. The number of amides is 1. The van der Waals surface area contributed by atoms with Gasteiger partial charge >= 0.3 is 0 Å². The summed E-state index contributed by atoms with van der Waals surface area (Å²) in [4.78, 5) is 14.2. The fourth-order valence-electron chi connectivity index (χ4n) is 2.83. The Labute approximate surface area is 141 Å². The molecule has 3 rings (SSSR count). The van der Waals surface area contributed by atoms with E-state index in [9.17, 15) is 4.79 Å². The predicted molar refractivity (Wildman–Crippen MR) is 88.2 cm³/mol. The standard InChI is InChI=1S/C18H22N2O4/c1-13-4-6-15(7-5-13)23-12-18(22-3)8-9-20(11-18)17(21)16-10-14(2)19-24-16/h4-7,10H,8-9,11-12H2,1-3H3/t18-/m1/s1. The first-order chi connectivity index (χ1) is 11.5. The quantitative estimate of drug-likeness (QED) is 0.843. The van der Waals surface area contributed by atoms with Gasteiger partial charge in [0.1, 0.15) is 18.0 Å². The van der Waals surface area contributed by atoms with Gasteiger partial charge in [0.05, 0.1) is 12.2 Å². The Morgan fingerprint density at radius 2 is 2.08 bits per heavy atom. The Balaban J connectivity index is 1.64. The Morgan fingerprint density at radius 1 is 1.33 bits per heavy atom. The highest BCUT2D eigenvalue weighted by Gasteiger charge is 2.42. The van der Waals surface area contributed by atoms with E-state index >= 15 is 0 Å². The van der Waals surface area contributed by atoms with Crippen LogP contribution in [0.2, 0.25) is 0 Å². The SMILES string of the molecule is CO[C@]1(COc2ccc(C)cc2)CCN(C(=O)c2cc(C)no2)C1. The second-order valence-corrected chi connectivity index (χ2v) is 6.30. The highest BCUT2D eigenvalue weighted by Crippen LogP contribution is 2.27. The van der Waals surface area contributed by atoms with Gasteiger partial charge in [0.25, 0.3) is 5.91 Å². The van der Waals surface area contributed by atoms with Crippen LogP contribution >= 0.6 is 0 Å². The second kappa shape index (κ2) is 6.65. The number of carbonyl (C=O) groups is 1. The van der Waals surface area contributed by atoms with Crippen molar-refractivity contribution in [1.82, 2.24) is 10.1 Å². The summed E-state index contributed by atoms with van der Waals surface area (Å²) in [5.74, 6) is 0.899. The lowest BCUT2D eigenvalue weighted by molar-refractivity contribution is -0.0344. The Morgan fingerprint density at radius 3 is 2.71 bits per heavy atom. The number of benzene rings is 1. The number of likely N-dealkylation sites (tertiary alicyclic amines) is 1. The van der Waals surface area contributed by atoms with Crippen molar-refractivity contribution in [3.63, 3.8) is 0 Å². The molecule has 2 heterocycles. The first-order valence-electron chi connectivity index (χ1n) is 7.99. The largest absolute Gasteiger partial charge is 0.491 e. The summed E-state index contributed by atoms with van der Waals surface area (Å²) in [5, 5.41) is 3.77. The Kier molecular flexibility index (Phi) is 4.57. The predicted octanol–water partition coefficient (Wildman–Crippen LogP) is 2.60. The number of carbonyl (C=O) groups excluding carboxylic acids is 1. The summed E-state index contributed by atoms with van der Waals surface area (Å²) in [5.41, 5.74) is 1.37. The molecule has 1 saturated heterocycles. The van der Waals surface area contributed by atoms with Crippen molar-refractivity contribution in [3.05, 3.63) is 47.3 Å². The van der Waals surface area contributed by atoms with E-state index in [1.54, 1.807) is 25.0 Å². The lowest BCUT2D eigenvalue weighted by atomic mass is 10.0. The van der Waals surface area contributed by atoms with Crippen molar-refractivity contribution in [2.24, 2.45) is 0 Å². The minimum Gasteiger partial charge on any atom is -0.491 e. The van der Waals surface area contributed by atoms with E-state index in [1.807, 2.05) is 31.2 Å². The van der Waals surface area contributed by atoms with Crippen LogP contribution in [-0.4, -0.2) is 48.4 Å². The molecule has 0 bridgehead atoms. The summed E-state index contributed by atoms with van der Waals surface area (Å²) in [7, 11) is 1.66. The molecule has 1 fully saturated rings. The maximum absolute atomic E-state index is 12.5. The molecular weight excluding hydrogens is 308 g/mol. The number of ether oxygens (including phenoxy) is 2. The second-order valence-electron chi connectivity index (χ2n) is 6.30. The molecule has 1 aromatic heterocycles. The smallest absolute Gasteiger partial charge is 0.292 e.